The van der Waals surface area contributed by atoms with Gasteiger partial charge in [-0.3, -0.25) is 0 Å². The molecule has 0 saturated carbocycles. The van der Waals surface area contributed by atoms with Crippen LogP contribution < -0.4 is 9.47 Å². The molecule has 2 aromatic rings. The second-order valence-electron chi connectivity index (χ2n) is 5.15. The summed E-state index contributed by atoms with van der Waals surface area (Å²) in [6.07, 6.45) is 1.78. The summed E-state index contributed by atoms with van der Waals surface area (Å²) in [7, 11) is 3.76. The first-order valence-corrected chi connectivity index (χ1v) is 7.81. The number of hydrogen-bond donors (Lipinski definition) is 0. The van der Waals surface area contributed by atoms with E-state index >= 15 is 0 Å². The van der Waals surface area contributed by atoms with E-state index < -0.39 is 0 Å². The lowest BCUT2D eigenvalue weighted by molar-refractivity contribution is 0.269. The van der Waals surface area contributed by atoms with Gasteiger partial charge in [-0.1, -0.05) is 23.7 Å². The Hall–Kier alpha value is -2.20. The standard InChI is InChI=1S/C18H21ClN2O2/c1-4-22-18-11-15(12-20-21(2)3)7-10-17(18)23-13-14-5-8-16(19)9-6-14/h5-12H,4,13H2,1-3H3/b20-12+. The number of ether oxygens (including phenoxy) is 2. The number of halogens is 1. The van der Waals surface area contributed by atoms with Crippen LogP contribution in [0.2, 0.25) is 5.02 Å². The smallest absolute Gasteiger partial charge is 0.161 e. The number of nitrogens with zero attached hydrogens (tertiary/aromatic N) is 2. The molecule has 0 aliphatic carbocycles. The van der Waals surface area contributed by atoms with Crippen molar-refractivity contribution in [1.29, 1.82) is 0 Å². The van der Waals surface area contributed by atoms with Crippen molar-refractivity contribution in [2.24, 2.45) is 5.10 Å². The van der Waals surface area contributed by atoms with Crippen molar-refractivity contribution in [3.05, 3.63) is 58.6 Å². The summed E-state index contributed by atoms with van der Waals surface area (Å²) in [5.74, 6) is 1.42. The lowest BCUT2D eigenvalue weighted by Gasteiger charge is -2.13. The largest absolute Gasteiger partial charge is 0.490 e. The molecule has 0 spiro atoms. The molecule has 0 heterocycles. The van der Waals surface area contributed by atoms with E-state index in [2.05, 4.69) is 5.10 Å². The molecular weight excluding hydrogens is 312 g/mol. The molecule has 23 heavy (non-hydrogen) atoms. The van der Waals surface area contributed by atoms with Crippen LogP contribution in [-0.4, -0.2) is 31.9 Å². The van der Waals surface area contributed by atoms with E-state index in [9.17, 15) is 0 Å². The minimum absolute atomic E-state index is 0.461. The summed E-state index contributed by atoms with van der Waals surface area (Å²) in [6, 6.07) is 13.4. The topological polar surface area (TPSA) is 34.1 Å². The van der Waals surface area contributed by atoms with Crippen molar-refractivity contribution in [1.82, 2.24) is 5.01 Å². The minimum atomic E-state index is 0.461. The van der Waals surface area contributed by atoms with Gasteiger partial charge in [0.1, 0.15) is 6.61 Å². The van der Waals surface area contributed by atoms with Gasteiger partial charge in [-0.2, -0.15) is 5.10 Å². The maximum Gasteiger partial charge on any atom is 0.161 e. The fourth-order valence-electron chi connectivity index (χ4n) is 1.92. The maximum atomic E-state index is 5.89. The molecule has 0 saturated heterocycles. The zero-order valence-electron chi connectivity index (χ0n) is 13.6. The van der Waals surface area contributed by atoms with Crippen LogP contribution in [0.5, 0.6) is 11.5 Å². The van der Waals surface area contributed by atoms with Crippen molar-refractivity contribution in [2.75, 3.05) is 20.7 Å². The van der Waals surface area contributed by atoms with Crippen molar-refractivity contribution in [3.63, 3.8) is 0 Å². The van der Waals surface area contributed by atoms with Crippen LogP contribution in [0.3, 0.4) is 0 Å². The van der Waals surface area contributed by atoms with Gasteiger partial charge in [0.05, 0.1) is 12.8 Å². The number of hydrazone groups is 1. The van der Waals surface area contributed by atoms with Crippen molar-refractivity contribution < 1.29 is 9.47 Å². The van der Waals surface area contributed by atoms with Gasteiger partial charge in [-0.15, -0.1) is 0 Å². The Labute approximate surface area is 142 Å². The molecular formula is C18H21ClN2O2. The third kappa shape index (κ3) is 5.49. The molecule has 0 amide bonds. The van der Waals surface area contributed by atoms with Crippen LogP contribution in [0.4, 0.5) is 0 Å². The molecule has 2 aromatic carbocycles. The second kappa shape index (κ2) is 8.44. The molecule has 122 valence electrons. The van der Waals surface area contributed by atoms with E-state index in [0.717, 1.165) is 11.1 Å². The molecule has 0 atom stereocenters. The van der Waals surface area contributed by atoms with Crippen molar-refractivity contribution in [2.45, 2.75) is 13.5 Å². The van der Waals surface area contributed by atoms with Crippen LogP contribution >= 0.6 is 11.6 Å². The second-order valence-corrected chi connectivity index (χ2v) is 5.58. The molecule has 0 unspecified atom stereocenters. The fraction of sp³-hybridized carbons (Fsp3) is 0.278. The maximum absolute atomic E-state index is 5.89. The van der Waals surface area contributed by atoms with Crippen molar-refractivity contribution in [3.8, 4) is 11.5 Å². The quantitative estimate of drug-likeness (QED) is 0.562. The fourth-order valence-corrected chi connectivity index (χ4v) is 2.04. The van der Waals surface area contributed by atoms with Gasteiger partial charge in [0.15, 0.2) is 11.5 Å². The SMILES string of the molecule is CCOc1cc(/C=N/N(C)C)ccc1OCc1ccc(Cl)cc1. The van der Waals surface area contributed by atoms with Gasteiger partial charge >= 0.3 is 0 Å². The summed E-state index contributed by atoms with van der Waals surface area (Å²) in [5.41, 5.74) is 2.01. The lowest BCUT2D eigenvalue weighted by atomic mass is 10.2. The third-order valence-corrected chi connectivity index (χ3v) is 3.26. The van der Waals surface area contributed by atoms with Gasteiger partial charge in [0.2, 0.25) is 0 Å². The van der Waals surface area contributed by atoms with E-state index in [1.807, 2.05) is 63.5 Å². The Balaban J connectivity index is 2.12. The van der Waals surface area contributed by atoms with Gasteiger partial charge < -0.3 is 14.5 Å². The van der Waals surface area contributed by atoms with Crippen LogP contribution in [0.1, 0.15) is 18.1 Å². The van der Waals surface area contributed by atoms with Gasteiger partial charge in [-0.05, 0) is 48.4 Å². The van der Waals surface area contributed by atoms with Crippen LogP contribution in [0.15, 0.2) is 47.6 Å². The summed E-state index contributed by atoms with van der Waals surface area (Å²) in [4.78, 5) is 0. The molecule has 0 N–H and O–H groups in total. The van der Waals surface area contributed by atoms with E-state index in [0.29, 0.717) is 29.7 Å². The molecule has 4 nitrogen and oxygen atoms in total. The summed E-state index contributed by atoms with van der Waals surface area (Å²) >= 11 is 5.89. The average molecular weight is 333 g/mol. The highest BCUT2D eigenvalue weighted by Crippen LogP contribution is 2.29. The molecule has 0 aliphatic rings. The summed E-state index contributed by atoms with van der Waals surface area (Å²) < 4.78 is 11.5. The van der Waals surface area contributed by atoms with E-state index in [4.69, 9.17) is 21.1 Å². The Morgan fingerprint density at radius 2 is 1.78 bits per heavy atom. The molecule has 2 rings (SSSR count). The monoisotopic (exact) mass is 332 g/mol. The number of benzene rings is 2. The molecule has 5 heteroatoms. The lowest BCUT2D eigenvalue weighted by Crippen LogP contribution is -2.03. The molecule has 0 aromatic heterocycles. The predicted molar refractivity (Wildman–Crippen MR) is 94.7 cm³/mol. The summed E-state index contributed by atoms with van der Waals surface area (Å²) in [6.45, 7) is 2.98. The first-order chi connectivity index (χ1) is 11.1. The average Bonchev–Trinajstić information content (AvgIpc) is 2.54. The Bertz CT molecular complexity index is 655. The molecule has 0 fully saturated rings. The van der Waals surface area contributed by atoms with E-state index in [-0.39, 0.29) is 0 Å². The van der Waals surface area contributed by atoms with Gasteiger partial charge in [-0.25, -0.2) is 0 Å². The highest BCUT2D eigenvalue weighted by Gasteiger charge is 2.06. The normalized spacial score (nSPS) is 10.8. The first kappa shape index (κ1) is 17.2. The third-order valence-electron chi connectivity index (χ3n) is 3.01. The van der Waals surface area contributed by atoms with Crippen LogP contribution in [0.25, 0.3) is 0 Å². The predicted octanol–water partition coefficient (Wildman–Crippen LogP) is 4.21. The number of rotatable bonds is 7. The molecule has 0 radical (unpaired) electrons. The van der Waals surface area contributed by atoms with E-state index in [1.54, 1.807) is 11.2 Å². The number of hydrogen-bond acceptors (Lipinski definition) is 4. The zero-order valence-corrected chi connectivity index (χ0v) is 14.4. The zero-order chi connectivity index (χ0) is 16.7. The Morgan fingerprint density at radius 3 is 2.43 bits per heavy atom. The highest BCUT2D eigenvalue weighted by atomic mass is 35.5. The summed E-state index contributed by atoms with van der Waals surface area (Å²) in [5, 5.41) is 6.68. The van der Waals surface area contributed by atoms with Gasteiger partial charge in [0.25, 0.3) is 0 Å². The molecule has 0 bridgehead atoms. The van der Waals surface area contributed by atoms with E-state index in [1.165, 1.54) is 0 Å². The van der Waals surface area contributed by atoms with Gasteiger partial charge in [0, 0.05) is 19.1 Å². The minimum Gasteiger partial charge on any atom is -0.490 e. The van der Waals surface area contributed by atoms with Crippen LogP contribution in [0, 0.1) is 0 Å². The molecule has 0 aliphatic heterocycles. The van der Waals surface area contributed by atoms with Crippen LogP contribution in [-0.2, 0) is 6.61 Å². The van der Waals surface area contributed by atoms with Crippen molar-refractivity contribution >= 4 is 17.8 Å². The Kier molecular flexibility index (Phi) is 6.29. The first-order valence-electron chi connectivity index (χ1n) is 7.44. The Morgan fingerprint density at radius 1 is 1.04 bits per heavy atom. The highest BCUT2D eigenvalue weighted by molar-refractivity contribution is 6.30.